The number of hydrogen-bond acceptors (Lipinski definition) is 2. The molecule has 1 saturated carbocycles. The van der Waals surface area contributed by atoms with Gasteiger partial charge in [0.2, 0.25) is 0 Å². The van der Waals surface area contributed by atoms with Crippen molar-refractivity contribution in [2.75, 3.05) is 13.1 Å². The van der Waals surface area contributed by atoms with E-state index in [9.17, 15) is 0 Å². The van der Waals surface area contributed by atoms with Crippen LogP contribution in [0.15, 0.2) is 28.7 Å². The zero-order valence-electron chi connectivity index (χ0n) is 13.5. The third-order valence-electron chi connectivity index (χ3n) is 5.66. The lowest BCUT2D eigenvalue weighted by atomic mass is 9.84. The van der Waals surface area contributed by atoms with Gasteiger partial charge in [-0.3, -0.25) is 4.90 Å². The van der Waals surface area contributed by atoms with E-state index in [1.165, 1.54) is 24.8 Å². The first-order valence-electron chi connectivity index (χ1n) is 8.20. The number of nitrogens with zero attached hydrogens (tertiary/aromatic N) is 1. The highest BCUT2D eigenvalue weighted by atomic mass is 79.9. The lowest BCUT2D eigenvalue weighted by Gasteiger charge is -2.53. The van der Waals surface area contributed by atoms with Crippen LogP contribution in [0.1, 0.15) is 45.6 Å². The van der Waals surface area contributed by atoms with Crippen molar-refractivity contribution in [3.63, 3.8) is 0 Å². The number of nitrogens with one attached hydrogen (secondary N) is 1. The van der Waals surface area contributed by atoms with E-state index in [0.29, 0.717) is 5.54 Å². The summed E-state index contributed by atoms with van der Waals surface area (Å²) in [6.45, 7) is 10.5. The van der Waals surface area contributed by atoms with Crippen LogP contribution in [0.3, 0.4) is 0 Å². The standard InChI is InChI=1S/C18H27BrN2/c1-4-17(2)13-21(11-14-5-9-16(19)10-6-14)18(3,12-20-17)15-7-8-15/h5-6,9-10,15,20H,4,7-8,11-13H2,1-3H3. The maximum absolute atomic E-state index is 3.83. The molecule has 1 aliphatic heterocycles. The van der Waals surface area contributed by atoms with E-state index in [1.54, 1.807) is 0 Å². The Balaban J connectivity index is 1.81. The fourth-order valence-corrected chi connectivity index (χ4v) is 3.82. The van der Waals surface area contributed by atoms with Crippen LogP contribution in [0, 0.1) is 5.92 Å². The SMILES string of the molecule is CCC1(C)CN(Cc2ccc(Br)cc2)C(C)(C2CC2)CN1. The van der Waals surface area contributed by atoms with Crippen LogP contribution in [-0.2, 0) is 6.54 Å². The van der Waals surface area contributed by atoms with Crippen molar-refractivity contribution < 1.29 is 0 Å². The highest BCUT2D eigenvalue weighted by Crippen LogP contribution is 2.45. The van der Waals surface area contributed by atoms with Gasteiger partial charge in [-0.2, -0.15) is 0 Å². The monoisotopic (exact) mass is 350 g/mol. The molecule has 0 aromatic heterocycles. The Hall–Kier alpha value is -0.380. The van der Waals surface area contributed by atoms with Crippen molar-refractivity contribution in [3.8, 4) is 0 Å². The fourth-order valence-electron chi connectivity index (χ4n) is 3.55. The first kappa shape index (κ1) is 15.5. The largest absolute Gasteiger partial charge is 0.308 e. The van der Waals surface area contributed by atoms with Gasteiger partial charge in [-0.1, -0.05) is 35.0 Å². The summed E-state index contributed by atoms with van der Waals surface area (Å²) in [5.41, 5.74) is 2.00. The normalized spacial score (nSPS) is 34.1. The molecule has 2 aliphatic rings. The second-order valence-electron chi connectivity index (χ2n) is 7.38. The molecule has 2 unspecified atom stereocenters. The molecule has 2 fully saturated rings. The first-order chi connectivity index (χ1) is 9.95. The summed E-state index contributed by atoms with van der Waals surface area (Å²) in [5.74, 6) is 0.877. The predicted octanol–water partition coefficient (Wildman–Crippen LogP) is 4.19. The van der Waals surface area contributed by atoms with Crippen LogP contribution in [0.25, 0.3) is 0 Å². The topological polar surface area (TPSA) is 15.3 Å². The van der Waals surface area contributed by atoms with Crippen molar-refractivity contribution in [1.29, 1.82) is 0 Å². The number of halogens is 1. The quantitative estimate of drug-likeness (QED) is 0.875. The number of benzene rings is 1. The van der Waals surface area contributed by atoms with Crippen LogP contribution >= 0.6 is 15.9 Å². The second kappa shape index (κ2) is 5.68. The molecule has 1 aliphatic carbocycles. The van der Waals surface area contributed by atoms with E-state index in [4.69, 9.17) is 0 Å². The van der Waals surface area contributed by atoms with Gasteiger partial charge in [0.05, 0.1) is 0 Å². The second-order valence-corrected chi connectivity index (χ2v) is 8.30. The van der Waals surface area contributed by atoms with Crippen LogP contribution in [0.5, 0.6) is 0 Å². The van der Waals surface area contributed by atoms with Gasteiger partial charge in [-0.15, -0.1) is 0 Å². The Kier molecular flexibility index (Phi) is 4.19. The Morgan fingerprint density at radius 2 is 1.90 bits per heavy atom. The molecular weight excluding hydrogens is 324 g/mol. The van der Waals surface area contributed by atoms with E-state index in [2.05, 4.69) is 71.2 Å². The van der Waals surface area contributed by atoms with Gasteiger partial charge in [0.25, 0.3) is 0 Å². The molecule has 3 rings (SSSR count). The van der Waals surface area contributed by atoms with Gasteiger partial charge in [0, 0.05) is 35.2 Å². The summed E-state index contributed by atoms with van der Waals surface area (Å²) in [7, 11) is 0. The van der Waals surface area contributed by atoms with Crippen molar-refractivity contribution >= 4 is 15.9 Å². The Bertz CT molecular complexity index is 496. The lowest BCUT2D eigenvalue weighted by Crippen LogP contribution is -2.68. The maximum atomic E-state index is 3.83. The third-order valence-corrected chi connectivity index (χ3v) is 6.19. The van der Waals surface area contributed by atoms with Gasteiger partial charge >= 0.3 is 0 Å². The minimum absolute atomic E-state index is 0.254. The molecule has 1 heterocycles. The van der Waals surface area contributed by atoms with Crippen molar-refractivity contribution in [1.82, 2.24) is 10.2 Å². The lowest BCUT2D eigenvalue weighted by molar-refractivity contribution is -0.00134. The van der Waals surface area contributed by atoms with Crippen LogP contribution < -0.4 is 5.32 Å². The highest BCUT2D eigenvalue weighted by molar-refractivity contribution is 9.10. The Morgan fingerprint density at radius 1 is 1.24 bits per heavy atom. The van der Waals surface area contributed by atoms with Gasteiger partial charge in [-0.05, 0) is 56.7 Å². The molecule has 2 atom stereocenters. The number of hydrogen-bond donors (Lipinski definition) is 1. The van der Waals surface area contributed by atoms with Crippen LogP contribution in [0.2, 0.25) is 0 Å². The molecular formula is C18H27BrN2. The van der Waals surface area contributed by atoms with Gasteiger partial charge in [-0.25, -0.2) is 0 Å². The third kappa shape index (κ3) is 3.20. The first-order valence-corrected chi connectivity index (χ1v) is 8.99. The fraction of sp³-hybridized carbons (Fsp3) is 0.667. The molecule has 116 valence electrons. The molecule has 1 saturated heterocycles. The van der Waals surface area contributed by atoms with E-state index in [1.807, 2.05) is 0 Å². The van der Waals surface area contributed by atoms with Gasteiger partial charge in [0.15, 0.2) is 0 Å². The van der Waals surface area contributed by atoms with E-state index < -0.39 is 0 Å². The molecule has 1 N–H and O–H groups in total. The van der Waals surface area contributed by atoms with Crippen molar-refractivity contribution in [2.45, 2.75) is 57.7 Å². The van der Waals surface area contributed by atoms with E-state index in [-0.39, 0.29) is 5.54 Å². The van der Waals surface area contributed by atoms with Crippen LogP contribution in [0.4, 0.5) is 0 Å². The summed E-state index contributed by atoms with van der Waals surface area (Å²) >= 11 is 3.53. The van der Waals surface area contributed by atoms with Crippen molar-refractivity contribution in [2.24, 2.45) is 5.92 Å². The zero-order valence-corrected chi connectivity index (χ0v) is 15.0. The molecule has 1 aromatic carbocycles. The molecule has 0 amide bonds. The average molecular weight is 351 g/mol. The van der Waals surface area contributed by atoms with E-state index in [0.717, 1.165) is 30.0 Å². The maximum Gasteiger partial charge on any atom is 0.0338 e. The molecule has 1 aromatic rings. The van der Waals surface area contributed by atoms with E-state index >= 15 is 0 Å². The number of rotatable bonds is 4. The summed E-state index contributed by atoms with van der Waals surface area (Å²) in [4.78, 5) is 2.74. The van der Waals surface area contributed by atoms with Gasteiger partial charge < -0.3 is 5.32 Å². The summed E-state index contributed by atoms with van der Waals surface area (Å²) in [6, 6.07) is 8.82. The predicted molar refractivity (Wildman–Crippen MR) is 92.4 cm³/mol. The Labute approximate surface area is 137 Å². The molecule has 3 heteroatoms. The summed E-state index contributed by atoms with van der Waals surface area (Å²) < 4.78 is 1.16. The minimum Gasteiger partial charge on any atom is -0.308 e. The molecule has 0 spiro atoms. The summed E-state index contributed by atoms with van der Waals surface area (Å²) in [5, 5.41) is 3.83. The summed E-state index contributed by atoms with van der Waals surface area (Å²) in [6.07, 6.45) is 3.99. The molecule has 2 nitrogen and oxygen atoms in total. The highest BCUT2D eigenvalue weighted by Gasteiger charge is 2.50. The van der Waals surface area contributed by atoms with Gasteiger partial charge in [0.1, 0.15) is 0 Å². The smallest absolute Gasteiger partial charge is 0.0338 e. The van der Waals surface area contributed by atoms with Crippen molar-refractivity contribution in [3.05, 3.63) is 34.3 Å². The molecule has 21 heavy (non-hydrogen) atoms. The average Bonchev–Trinajstić information content (AvgIpc) is 3.31. The Morgan fingerprint density at radius 3 is 2.48 bits per heavy atom. The minimum atomic E-state index is 0.254. The molecule has 0 bridgehead atoms. The zero-order chi connectivity index (χ0) is 15.1. The van der Waals surface area contributed by atoms with Crippen LogP contribution in [-0.4, -0.2) is 29.1 Å². The number of piperazine rings is 1. The molecule has 0 radical (unpaired) electrons.